The number of fused-ring (bicyclic) bond motifs is 1. The molecule has 1 aliphatic carbocycles. The maximum Gasteiger partial charge on any atom is 0.191 e. The van der Waals surface area contributed by atoms with Crippen molar-refractivity contribution in [2.45, 2.75) is 44.1 Å². The highest BCUT2D eigenvalue weighted by molar-refractivity contribution is 7.80. The molecule has 0 saturated heterocycles. The number of rotatable bonds is 3. The first-order chi connectivity index (χ1) is 14.5. The second-order valence-electron chi connectivity index (χ2n) is 7.68. The van der Waals surface area contributed by atoms with E-state index in [1.807, 2.05) is 12.1 Å². The molecule has 1 heterocycles. The summed E-state index contributed by atoms with van der Waals surface area (Å²) in [5.74, 6) is 1.53. The van der Waals surface area contributed by atoms with Crippen LogP contribution in [0.4, 0.5) is 5.69 Å². The van der Waals surface area contributed by atoms with Gasteiger partial charge in [-0.05, 0) is 74.3 Å². The Morgan fingerprint density at radius 1 is 1.20 bits per heavy atom. The first kappa shape index (κ1) is 20.8. The van der Waals surface area contributed by atoms with E-state index in [0.717, 1.165) is 48.4 Å². The zero-order valence-corrected chi connectivity index (χ0v) is 18.3. The molecule has 0 unspecified atom stereocenters. The van der Waals surface area contributed by atoms with Crippen LogP contribution in [0.2, 0.25) is 5.02 Å². The topological polar surface area (TPSA) is 75.1 Å². The molecule has 1 saturated carbocycles. The highest BCUT2D eigenvalue weighted by Crippen LogP contribution is 2.42. The first-order valence-corrected chi connectivity index (χ1v) is 10.8. The lowest BCUT2D eigenvalue weighted by atomic mass is 9.78. The van der Waals surface area contributed by atoms with Crippen LogP contribution >= 0.6 is 23.8 Å². The number of nitrogens with one attached hydrogen (secondary N) is 2. The molecule has 0 atom stereocenters. The fraction of sp³-hybridized carbons (Fsp3) is 0.364. The van der Waals surface area contributed by atoms with Crippen molar-refractivity contribution in [2.75, 3.05) is 12.4 Å². The average molecular weight is 446 g/mol. The van der Waals surface area contributed by atoms with Crippen molar-refractivity contribution in [3.8, 4) is 17.2 Å². The summed E-state index contributed by atoms with van der Waals surface area (Å²) in [7, 11) is 1.57. The standard InChI is InChI=1S/C22H24ClN3O3S/c1-28-20-7-5-14(11-17(20)23)24-21(30)26-25-18-13-22(9-3-2-4-10-22)29-19-8-6-15(27)12-16(18)19/h5-8,11-12,27H,2-4,9-10,13H2,1H3,(H2,24,26,30)/b25-18-. The summed E-state index contributed by atoms with van der Waals surface area (Å²) in [6, 6.07) is 10.5. The van der Waals surface area contributed by atoms with Crippen LogP contribution in [0.5, 0.6) is 17.2 Å². The predicted molar refractivity (Wildman–Crippen MR) is 123 cm³/mol. The van der Waals surface area contributed by atoms with E-state index >= 15 is 0 Å². The average Bonchev–Trinajstić information content (AvgIpc) is 2.73. The Hall–Kier alpha value is -2.51. The molecule has 1 aliphatic heterocycles. The van der Waals surface area contributed by atoms with Crippen molar-refractivity contribution in [2.24, 2.45) is 5.10 Å². The van der Waals surface area contributed by atoms with Gasteiger partial charge in [-0.3, -0.25) is 5.43 Å². The van der Waals surface area contributed by atoms with Crippen LogP contribution in [-0.4, -0.2) is 28.6 Å². The minimum absolute atomic E-state index is 0.179. The number of hydrazone groups is 1. The fourth-order valence-electron chi connectivity index (χ4n) is 4.10. The van der Waals surface area contributed by atoms with E-state index < -0.39 is 0 Å². The number of nitrogens with zero attached hydrogens (tertiary/aromatic N) is 1. The lowest BCUT2D eigenvalue weighted by Gasteiger charge is -2.41. The van der Waals surface area contributed by atoms with Crippen LogP contribution in [0, 0.1) is 0 Å². The van der Waals surface area contributed by atoms with Gasteiger partial charge in [-0.15, -0.1) is 0 Å². The molecular formula is C22H24ClN3O3S. The molecule has 6 nitrogen and oxygen atoms in total. The zero-order chi connectivity index (χ0) is 21.1. The van der Waals surface area contributed by atoms with Crippen LogP contribution in [0.1, 0.15) is 44.1 Å². The van der Waals surface area contributed by atoms with E-state index in [2.05, 4.69) is 15.8 Å². The van der Waals surface area contributed by atoms with Gasteiger partial charge in [0.05, 0.1) is 17.8 Å². The summed E-state index contributed by atoms with van der Waals surface area (Å²) in [6.07, 6.45) is 6.20. The number of phenols is 1. The molecule has 0 bridgehead atoms. The van der Waals surface area contributed by atoms with Gasteiger partial charge in [0.2, 0.25) is 0 Å². The SMILES string of the molecule is COc1ccc(NC(=S)N/N=C2/CC3(CCCCC3)Oc3ccc(O)cc32)cc1Cl. The molecule has 3 N–H and O–H groups in total. The minimum atomic E-state index is -0.235. The van der Waals surface area contributed by atoms with Crippen molar-refractivity contribution in [1.82, 2.24) is 5.43 Å². The Bertz CT molecular complexity index is 990. The summed E-state index contributed by atoms with van der Waals surface area (Å²) >= 11 is 11.6. The van der Waals surface area contributed by atoms with Gasteiger partial charge in [0.25, 0.3) is 0 Å². The molecule has 158 valence electrons. The monoisotopic (exact) mass is 445 g/mol. The quantitative estimate of drug-likeness (QED) is 0.443. The summed E-state index contributed by atoms with van der Waals surface area (Å²) in [5, 5.41) is 18.4. The van der Waals surface area contributed by atoms with Crippen molar-refractivity contribution >= 4 is 40.3 Å². The van der Waals surface area contributed by atoms with Crippen molar-refractivity contribution < 1.29 is 14.6 Å². The minimum Gasteiger partial charge on any atom is -0.508 e. The van der Waals surface area contributed by atoms with E-state index in [9.17, 15) is 5.11 Å². The van der Waals surface area contributed by atoms with E-state index in [1.165, 1.54) is 6.42 Å². The van der Waals surface area contributed by atoms with Crippen molar-refractivity contribution in [3.05, 3.63) is 47.0 Å². The second-order valence-corrected chi connectivity index (χ2v) is 8.49. The fourth-order valence-corrected chi connectivity index (χ4v) is 4.52. The lowest BCUT2D eigenvalue weighted by molar-refractivity contribution is 0.0320. The number of aromatic hydroxyl groups is 1. The van der Waals surface area contributed by atoms with Gasteiger partial charge >= 0.3 is 0 Å². The maximum absolute atomic E-state index is 9.96. The number of halogens is 1. The third kappa shape index (κ3) is 4.47. The largest absolute Gasteiger partial charge is 0.508 e. The molecular weight excluding hydrogens is 422 g/mol. The van der Waals surface area contributed by atoms with Crippen LogP contribution < -0.4 is 20.2 Å². The predicted octanol–water partition coefficient (Wildman–Crippen LogP) is 5.23. The summed E-state index contributed by atoms with van der Waals surface area (Å²) < 4.78 is 11.6. The Balaban J connectivity index is 1.53. The molecule has 8 heteroatoms. The third-order valence-corrected chi connectivity index (χ3v) is 6.05. The number of anilines is 1. The van der Waals surface area contributed by atoms with Gasteiger partial charge < -0.3 is 19.9 Å². The number of hydrogen-bond donors (Lipinski definition) is 3. The first-order valence-electron chi connectivity index (χ1n) is 9.97. The highest BCUT2D eigenvalue weighted by Gasteiger charge is 2.40. The number of hydrogen-bond acceptors (Lipinski definition) is 5. The molecule has 1 spiro atoms. The van der Waals surface area contributed by atoms with Crippen LogP contribution in [-0.2, 0) is 0 Å². The summed E-state index contributed by atoms with van der Waals surface area (Å²) in [4.78, 5) is 0. The summed E-state index contributed by atoms with van der Waals surface area (Å²) in [5.41, 5.74) is 5.03. The Labute approximate surface area is 186 Å². The van der Waals surface area contributed by atoms with Gasteiger partial charge in [-0.2, -0.15) is 5.10 Å². The van der Waals surface area contributed by atoms with Crippen LogP contribution in [0.3, 0.4) is 0 Å². The van der Waals surface area contributed by atoms with Gasteiger partial charge in [0, 0.05) is 17.7 Å². The van der Waals surface area contributed by atoms with Crippen molar-refractivity contribution in [3.63, 3.8) is 0 Å². The normalized spacial score (nSPS) is 18.4. The Kier molecular flexibility index (Phi) is 6.01. The van der Waals surface area contributed by atoms with Gasteiger partial charge in [0.15, 0.2) is 5.11 Å². The molecule has 2 aromatic carbocycles. The van der Waals surface area contributed by atoms with Crippen LogP contribution in [0.25, 0.3) is 0 Å². The molecule has 0 amide bonds. The van der Waals surface area contributed by atoms with Crippen molar-refractivity contribution in [1.29, 1.82) is 0 Å². The van der Waals surface area contributed by atoms with E-state index in [-0.39, 0.29) is 11.4 Å². The summed E-state index contributed by atoms with van der Waals surface area (Å²) in [6.45, 7) is 0. The van der Waals surface area contributed by atoms with E-state index in [0.29, 0.717) is 22.3 Å². The smallest absolute Gasteiger partial charge is 0.191 e. The van der Waals surface area contributed by atoms with Crippen LogP contribution in [0.15, 0.2) is 41.5 Å². The van der Waals surface area contributed by atoms with Gasteiger partial charge in [0.1, 0.15) is 22.8 Å². The molecule has 1 fully saturated rings. The maximum atomic E-state index is 9.96. The number of phenolic OH excluding ortho intramolecular Hbond substituents is 1. The number of ether oxygens (including phenoxy) is 2. The third-order valence-electron chi connectivity index (χ3n) is 5.56. The Morgan fingerprint density at radius 3 is 2.73 bits per heavy atom. The molecule has 0 radical (unpaired) electrons. The van der Waals surface area contributed by atoms with E-state index in [4.69, 9.17) is 33.3 Å². The van der Waals surface area contributed by atoms with E-state index in [1.54, 1.807) is 31.4 Å². The molecule has 2 aromatic rings. The number of thiocarbonyl (C=S) groups is 1. The molecule has 0 aromatic heterocycles. The Morgan fingerprint density at radius 2 is 2.00 bits per heavy atom. The van der Waals surface area contributed by atoms with Gasteiger partial charge in [-0.1, -0.05) is 18.0 Å². The second kappa shape index (κ2) is 8.70. The highest BCUT2D eigenvalue weighted by atomic mass is 35.5. The molecule has 2 aliphatic rings. The molecule has 30 heavy (non-hydrogen) atoms. The zero-order valence-electron chi connectivity index (χ0n) is 16.7. The lowest BCUT2D eigenvalue weighted by Crippen LogP contribution is -2.44. The number of methoxy groups -OCH3 is 1. The molecule has 4 rings (SSSR count). The van der Waals surface area contributed by atoms with Gasteiger partial charge in [-0.25, -0.2) is 0 Å². The number of benzene rings is 2.